The standard InChI is InChI=1S/C15H14BrFINO2/c1-15(2,3)21-14(20)19-8-9(16)6-13(19)11-7-10(18)4-5-12(11)17/h4-8H,1-3H3. The number of carbonyl (C=O) groups is 1. The Morgan fingerprint density at radius 1 is 1.33 bits per heavy atom. The molecule has 0 bridgehead atoms. The highest BCUT2D eigenvalue weighted by molar-refractivity contribution is 14.1. The highest BCUT2D eigenvalue weighted by Crippen LogP contribution is 2.29. The summed E-state index contributed by atoms with van der Waals surface area (Å²) in [4.78, 5) is 12.3. The van der Waals surface area contributed by atoms with Gasteiger partial charge in [0.1, 0.15) is 11.4 Å². The minimum absolute atomic E-state index is 0.360. The normalized spacial score (nSPS) is 11.5. The van der Waals surface area contributed by atoms with Gasteiger partial charge < -0.3 is 4.74 Å². The van der Waals surface area contributed by atoms with Crippen LogP contribution in [0.5, 0.6) is 0 Å². The second-order valence-corrected chi connectivity index (χ2v) is 7.68. The Hall–Kier alpha value is -0.890. The maximum atomic E-state index is 14.1. The summed E-state index contributed by atoms with van der Waals surface area (Å²) in [5.74, 6) is -0.383. The fraction of sp³-hybridized carbons (Fsp3) is 0.267. The fourth-order valence-corrected chi connectivity index (χ4v) is 2.71. The third-order valence-corrected chi connectivity index (χ3v) is 3.69. The zero-order chi connectivity index (χ0) is 15.8. The molecule has 1 aromatic heterocycles. The van der Waals surface area contributed by atoms with Crippen molar-refractivity contribution >= 4 is 44.6 Å². The van der Waals surface area contributed by atoms with Crippen molar-refractivity contribution in [3.63, 3.8) is 0 Å². The van der Waals surface area contributed by atoms with Gasteiger partial charge in [-0.15, -0.1) is 0 Å². The molecule has 0 aliphatic carbocycles. The molecule has 6 heteroatoms. The maximum absolute atomic E-state index is 14.1. The van der Waals surface area contributed by atoms with E-state index >= 15 is 0 Å². The maximum Gasteiger partial charge on any atom is 0.419 e. The SMILES string of the molecule is CC(C)(C)OC(=O)n1cc(Br)cc1-c1cc(I)ccc1F. The smallest absolute Gasteiger partial charge is 0.419 e. The summed E-state index contributed by atoms with van der Waals surface area (Å²) in [6, 6.07) is 6.45. The van der Waals surface area contributed by atoms with Crippen LogP contribution >= 0.6 is 38.5 Å². The minimum Gasteiger partial charge on any atom is -0.443 e. The molecule has 0 N–H and O–H groups in total. The molecule has 0 amide bonds. The average molecular weight is 466 g/mol. The molecule has 0 saturated heterocycles. The molecule has 1 heterocycles. The molecule has 0 spiro atoms. The van der Waals surface area contributed by atoms with Crippen molar-refractivity contribution in [1.29, 1.82) is 0 Å². The van der Waals surface area contributed by atoms with Crippen molar-refractivity contribution in [3.8, 4) is 11.3 Å². The lowest BCUT2D eigenvalue weighted by molar-refractivity contribution is 0.0540. The first-order valence-corrected chi connectivity index (χ1v) is 8.11. The van der Waals surface area contributed by atoms with E-state index in [0.29, 0.717) is 15.7 Å². The third-order valence-electron chi connectivity index (χ3n) is 2.58. The van der Waals surface area contributed by atoms with E-state index in [1.807, 2.05) is 0 Å². The summed E-state index contributed by atoms with van der Waals surface area (Å²) in [6.07, 6.45) is 1.03. The highest BCUT2D eigenvalue weighted by Gasteiger charge is 2.22. The molecule has 0 fully saturated rings. The van der Waals surface area contributed by atoms with Gasteiger partial charge in [-0.2, -0.15) is 0 Å². The summed E-state index contributed by atoms with van der Waals surface area (Å²) in [5, 5.41) is 0. The summed E-state index contributed by atoms with van der Waals surface area (Å²) < 4.78 is 22.3. The topological polar surface area (TPSA) is 31.2 Å². The number of hydrogen-bond donors (Lipinski definition) is 0. The zero-order valence-corrected chi connectivity index (χ0v) is 15.5. The largest absolute Gasteiger partial charge is 0.443 e. The van der Waals surface area contributed by atoms with Gasteiger partial charge in [-0.05, 0) is 83.6 Å². The lowest BCUT2D eigenvalue weighted by atomic mass is 10.1. The molecule has 0 saturated carbocycles. The van der Waals surface area contributed by atoms with Gasteiger partial charge >= 0.3 is 6.09 Å². The molecular formula is C15H14BrFINO2. The molecule has 2 rings (SSSR count). The van der Waals surface area contributed by atoms with Crippen molar-refractivity contribution < 1.29 is 13.9 Å². The quantitative estimate of drug-likeness (QED) is 0.525. The van der Waals surface area contributed by atoms with Crippen LogP contribution in [0.2, 0.25) is 0 Å². The van der Waals surface area contributed by atoms with E-state index in [2.05, 4.69) is 38.5 Å². The van der Waals surface area contributed by atoms with Gasteiger partial charge in [0.2, 0.25) is 0 Å². The van der Waals surface area contributed by atoms with Crippen molar-refractivity contribution in [3.05, 3.63) is 44.3 Å². The summed E-state index contributed by atoms with van der Waals surface area (Å²) in [6.45, 7) is 5.36. The third kappa shape index (κ3) is 4.06. The Kier molecular flexibility index (Phi) is 4.77. The van der Waals surface area contributed by atoms with Crippen molar-refractivity contribution in [2.24, 2.45) is 0 Å². The van der Waals surface area contributed by atoms with Gasteiger partial charge in [0, 0.05) is 19.8 Å². The van der Waals surface area contributed by atoms with E-state index in [0.717, 1.165) is 3.57 Å². The number of ether oxygens (including phenoxy) is 1. The molecule has 0 aliphatic rings. The van der Waals surface area contributed by atoms with E-state index in [-0.39, 0.29) is 5.82 Å². The predicted molar refractivity (Wildman–Crippen MR) is 91.9 cm³/mol. The zero-order valence-electron chi connectivity index (χ0n) is 11.8. The second kappa shape index (κ2) is 6.08. The van der Waals surface area contributed by atoms with Crippen molar-refractivity contribution in [2.75, 3.05) is 0 Å². The second-order valence-electron chi connectivity index (χ2n) is 5.52. The number of aromatic nitrogens is 1. The van der Waals surface area contributed by atoms with E-state index < -0.39 is 11.7 Å². The van der Waals surface area contributed by atoms with Crippen LogP contribution in [-0.4, -0.2) is 16.3 Å². The Bertz CT molecular complexity index is 691. The van der Waals surface area contributed by atoms with Crippen LogP contribution in [0, 0.1) is 9.39 Å². The van der Waals surface area contributed by atoms with Gasteiger partial charge in [0.15, 0.2) is 0 Å². The van der Waals surface area contributed by atoms with E-state index in [9.17, 15) is 9.18 Å². The molecule has 0 radical (unpaired) electrons. The summed E-state index contributed by atoms with van der Waals surface area (Å²) in [5.41, 5.74) is 0.194. The molecule has 21 heavy (non-hydrogen) atoms. The lowest BCUT2D eigenvalue weighted by Crippen LogP contribution is -2.27. The number of carbonyl (C=O) groups excluding carboxylic acids is 1. The summed E-state index contributed by atoms with van der Waals surface area (Å²) >= 11 is 5.42. The fourth-order valence-electron chi connectivity index (χ4n) is 1.79. The van der Waals surface area contributed by atoms with Crippen LogP contribution in [0.15, 0.2) is 34.9 Å². The number of rotatable bonds is 1. The Morgan fingerprint density at radius 3 is 2.62 bits per heavy atom. The van der Waals surface area contributed by atoms with Crippen LogP contribution in [0.3, 0.4) is 0 Å². The van der Waals surface area contributed by atoms with Crippen LogP contribution in [0.25, 0.3) is 11.3 Å². The monoisotopic (exact) mass is 465 g/mol. The van der Waals surface area contributed by atoms with Crippen LogP contribution < -0.4 is 0 Å². The Morgan fingerprint density at radius 2 is 2.00 bits per heavy atom. The van der Waals surface area contributed by atoms with Crippen LogP contribution in [-0.2, 0) is 4.74 Å². The van der Waals surface area contributed by atoms with Crippen molar-refractivity contribution in [2.45, 2.75) is 26.4 Å². The van der Waals surface area contributed by atoms with Crippen LogP contribution in [0.1, 0.15) is 20.8 Å². The number of nitrogens with zero attached hydrogens (tertiary/aromatic N) is 1. The van der Waals surface area contributed by atoms with E-state index in [4.69, 9.17) is 4.74 Å². The number of benzene rings is 1. The van der Waals surface area contributed by atoms with Gasteiger partial charge in [-0.3, -0.25) is 4.57 Å². The molecule has 0 unspecified atom stereocenters. The van der Waals surface area contributed by atoms with Gasteiger partial charge in [-0.25, -0.2) is 9.18 Å². The summed E-state index contributed by atoms with van der Waals surface area (Å²) in [7, 11) is 0. The van der Waals surface area contributed by atoms with Gasteiger partial charge in [0.05, 0.1) is 5.69 Å². The predicted octanol–water partition coefficient (Wildman–Crippen LogP) is 5.44. The van der Waals surface area contributed by atoms with Gasteiger partial charge in [0.25, 0.3) is 0 Å². The highest BCUT2D eigenvalue weighted by atomic mass is 127. The van der Waals surface area contributed by atoms with E-state index in [1.54, 1.807) is 45.2 Å². The minimum atomic E-state index is -0.616. The van der Waals surface area contributed by atoms with Crippen molar-refractivity contribution in [1.82, 2.24) is 4.57 Å². The van der Waals surface area contributed by atoms with E-state index in [1.165, 1.54) is 10.6 Å². The molecule has 2 aromatic rings. The molecule has 0 atom stereocenters. The molecule has 112 valence electrons. The first kappa shape index (κ1) is 16.5. The number of halogens is 3. The molecule has 1 aromatic carbocycles. The lowest BCUT2D eigenvalue weighted by Gasteiger charge is -2.20. The first-order valence-electron chi connectivity index (χ1n) is 6.24. The Balaban J connectivity index is 2.51. The molecule has 0 aliphatic heterocycles. The van der Waals surface area contributed by atoms with Crippen LogP contribution in [0.4, 0.5) is 9.18 Å². The Labute approximate surface area is 144 Å². The number of hydrogen-bond acceptors (Lipinski definition) is 2. The van der Waals surface area contributed by atoms with Gasteiger partial charge in [-0.1, -0.05) is 0 Å². The average Bonchev–Trinajstić information content (AvgIpc) is 2.72. The first-order chi connectivity index (χ1) is 9.67. The molecule has 3 nitrogen and oxygen atoms in total. The molecular weight excluding hydrogens is 452 g/mol.